The molecule has 2 heterocycles. The summed E-state index contributed by atoms with van der Waals surface area (Å²) in [5, 5.41) is 0. The Morgan fingerprint density at radius 1 is 1.19 bits per heavy atom. The molecule has 0 radical (unpaired) electrons. The molecule has 6 nitrogen and oxygen atoms in total. The number of benzene rings is 1. The van der Waals surface area contributed by atoms with Crippen molar-refractivity contribution in [3.8, 4) is 11.3 Å². The molecule has 1 aromatic heterocycles. The Kier molecular flexibility index (Phi) is 4.71. The largest absolute Gasteiger partial charge is 0.443 e. The van der Waals surface area contributed by atoms with Crippen LogP contribution in [0.1, 0.15) is 28.9 Å². The van der Waals surface area contributed by atoms with Gasteiger partial charge in [0.25, 0.3) is 5.91 Å². The van der Waals surface area contributed by atoms with E-state index >= 15 is 0 Å². The number of likely N-dealkylation sites (tertiary alicyclic amines) is 1. The lowest BCUT2D eigenvalue weighted by Gasteiger charge is -2.30. The molecular weight excluding hydrogens is 351 g/mol. The predicted molar refractivity (Wildman–Crippen MR) is 84.8 cm³/mol. The molecule has 26 heavy (non-hydrogen) atoms. The van der Waals surface area contributed by atoms with Gasteiger partial charge in [-0.3, -0.25) is 9.59 Å². The molecule has 0 spiro atoms. The Bertz CT molecular complexity index is 824. The second-order valence-electron chi connectivity index (χ2n) is 6.04. The Morgan fingerprint density at radius 2 is 1.85 bits per heavy atom. The molecule has 1 fully saturated rings. The predicted octanol–water partition coefficient (Wildman–Crippen LogP) is 2.70. The van der Waals surface area contributed by atoms with Crippen molar-refractivity contribution in [2.24, 2.45) is 11.7 Å². The summed E-state index contributed by atoms with van der Waals surface area (Å²) >= 11 is 0. The van der Waals surface area contributed by atoms with Gasteiger partial charge in [0.15, 0.2) is 17.8 Å². The second kappa shape index (κ2) is 6.81. The summed E-state index contributed by atoms with van der Waals surface area (Å²) in [6.45, 7) is 0.555. The first-order valence-corrected chi connectivity index (χ1v) is 7.97. The Morgan fingerprint density at radius 3 is 2.46 bits per heavy atom. The first kappa shape index (κ1) is 18.0. The molecule has 9 heteroatoms. The lowest BCUT2D eigenvalue weighted by Crippen LogP contribution is -2.42. The maximum atomic E-state index is 13.2. The van der Waals surface area contributed by atoms with Crippen LogP contribution in [-0.4, -0.2) is 34.8 Å². The fourth-order valence-electron chi connectivity index (χ4n) is 3.03. The highest BCUT2D eigenvalue weighted by atomic mass is 19.4. The minimum absolute atomic E-state index is 0.181. The molecule has 1 aliphatic heterocycles. The maximum Gasteiger partial charge on any atom is 0.417 e. The molecule has 2 amide bonds. The van der Waals surface area contributed by atoms with E-state index in [1.807, 2.05) is 0 Å². The molecule has 2 aromatic rings. The number of carbonyl (C=O) groups is 2. The van der Waals surface area contributed by atoms with Crippen LogP contribution in [0.15, 0.2) is 35.1 Å². The first-order chi connectivity index (χ1) is 12.3. The fourth-order valence-corrected chi connectivity index (χ4v) is 3.03. The van der Waals surface area contributed by atoms with Crippen molar-refractivity contribution in [3.63, 3.8) is 0 Å². The van der Waals surface area contributed by atoms with Gasteiger partial charge in [0.1, 0.15) is 0 Å². The van der Waals surface area contributed by atoms with Gasteiger partial charge in [-0.05, 0) is 18.9 Å². The molecule has 2 N–H and O–H groups in total. The highest BCUT2D eigenvalue weighted by molar-refractivity contribution is 5.98. The van der Waals surface area contributed by atoms with Crippen molar-refractivity contribution >= 4 is 11.8 Å². The second-order valence-corrected chi connectivity index (χ2v) is 6.04. The van der Waals surface area contributed by atoms with Crippen LogP contribution < -0.4 is 5.73 Å². The zero-order valence-corrected chi connectivity index (χ0v) is 13.6. The first-order valence-electron chi connectivity index (χ1n) is 7.97. The molecule has 1 aromatic carbocycles. The van der Waals surface area contributed by atoms with Crippen molar-refractivity contribution in [1.29, 1.82) is 0 Å². The number of oxazole rings is 1. The van der Waals surface area contributed by atoms with E-state index in [1.54, 1.807) is 0 Å². The van der Waals surface area contributed by atoms with Crippen LogP contribution in [0.3, 0.4) is 0 Å². The molecule has 0 atom stereocenters. The zero-order chi connectivity index (χ0) is 18.9. The van der Waals surface area contributed by atoms with Gasteiger partial charge in [-0.1, -0.05) is 18.2 Å². The van der Waals surface area contributed by atoms with E-state index in [-0.39, 0.29) is 36.0 Å². The molecule has 3 rings (SSSR count). The number of alkyl halides is 3. The maximum absolute atomic E-state index is 13.2. The SMILES string of the molecule is NC(=O)C1CCN(C(=O)c2ncoc2-c2ccccc2C(F)(F)F)CC1. The Hall–Kier alpha value is -2.84. The van der Waals surface area contributed by atoms with Gasteiger partial charge in [-0.15, -0.1) is 0 Å². The van der Waals surface area contributed by atoms with Gasteiger partial charge in [-0.2, -0.15) is 13.2 Å². The number of piperidine rings is 1. The van der Waals surface area contributed by atoms with Crippen LogP contribution >= 0.6 is 0 Å². The van der Waals surface area contributed by atoms with Crippen molar-refractivity contribution < 1.29 is 27.2 Å². The van der Waals surface area contributed by atoms with Gasteiger partial charge in [-0.25, -0.2) is 4.98 Å². The molecule has 0 aliphatic carbocycles. The third kappa shape index (κ3) is 3.42. The van der Waals surface area contributed by atoms with E-state index in [9.17, 15) is 22.8 Å². The number of primary amides is 1. The fraction of sp³-hybridized carbons (Fsp3) is 0.353. The van der Waals surface area contributed by atoms with E-state index in [4.69, 9.17) is 10.2 Å². The van der Waals surface area contributed by atoms with E-state index in [1.165, 1.54) is 23.1 Å². The van der Waals surface area contributed by atoms with Crippen molar-refractivity contribution in [3.05, 3.63) is 41.9 Å². The van der Waals surface area contributed by atoms with Crippen LogP contribution in [-0.2, 0) is 11.0 Å². The van der Waals surface area contributed by atoms with Crippen molar-refractivity contribution in [2.45, 2.75) is 19.0 Å². The minimum atomic E-state index is -4.59. The molecular formula is C17H16F3N3O3. The summed E-state index contributed by atoms with van der Waals surface area (Å²) in [6, 6.07) is 4.85. The number of hydrogen-bond acceptors (Lipinski definition) is 4. The summed E-state index contributed by atoms with van der Waals surface area (Å²) < 4.78 is 44.9. The third-order valence-corrected chi connectivity index (χ3v) is 4.43. The van der Waals surface area contributed by atoms with E-state index in [0.29, 0.717) is 12.8 Å². The molecule has 138 valence electrons. The topological polar surface area (TPSA) is 89.4 Å². The van der Waals surface area contributed by atoms with Gasteiger partial charge in [0.05, 0.1) is 5.56 Å². The molecule has 1 saturated heterocycles. The smallest absolute Gasteiger partial charge is 0.417 e. The number of nitrogens with zero attached hydrogens (tertiary/aromatic N) is 2. The van der Waals surface area contributed by atoms with E-state index < -0.39 is 23.6 Å². The van der Waals surface area contributed by atoms with Gasteiger partial charge < -0.3 is 15.1 Å². The Balaban J connectivity index is 1.89. The van der Waals surface area contributed by atoms with Gasteiger partial charge in [0, 0.05) is 24.6 Å². The number of halogens is 3. The highest BCUT2D eigenvalue weighted by Gasteiger charge is 2.36. The van der Waals surface area contributed by atoms with Crippen LogP contribution in [0.25, 0.3) is 11.3 Å². The summed E-state index contributed by atoms with van der Waals surface area (Å²) in [4.78, 5) is 29.2. The molecule has 0 unspecified atom stereocenters. The number of amides is 2. The normalized spacial score (nSPS) is 15.9. The quantitative estimate of drug-likeness (QED) is 0.903. The number of rotatable bonds is 3. The number of nitrogens with two attached hydrogens (primary N) is 1. The summed E-state index contributed by atoms with van der Waals surface area (Å²) in [7, 11) is 0. The van der Waals surface area contributed by atoms with Crippen LogP contribution in [0.2, 0.25) is 0 Å². The van der Waals surface area contributed by atoms with Crippen LogP contribution in [0.5, 0.6) is 0 Å². The third-order valence-electron chi connectivity index (χ3n) is 4.43. The standard InChI is InChI=1S/C17H16F3N3O3/c18-17(19,20)12-4-2-1-3-11(12)14-13(22-9-26-14)16(25)23-7-5-10(6-8-23)15(21)24/h1-4,9-10H,5-8H2,(H2,21,24). The number of carbonyl (C=O) groups excluding carboxylic acids is 2. The van der Waals surface area contributed by atoms with Gasteiger partial charge in [0.2, 0.25) is 5.91 Å². The van der Waals surface area contributed by atoms with Crippen LogP contribution in [0.4, 0.5) is 13.2 Å². The molecule has 1 aliphatic rings. The summed E-state index contributed by atoms with van der Waals surface area (Å²) in [5.41, 5.74) is 3.94. The number of hydrogen-bond donors (Lipinski definition) is 1. The average molecular weight is 367 g/mol. The highest BCUT2D eigenvalue weighted by Crippen LogP contribution is 2.38. The Labute approximate surface area is 146 Å². The average Bonchev–Trinajstić information content (AvgIpc) is 3.10. The summed E-state index contributed by atoms with van der Waals surface area (Å²) in [5.74, 6) is -1.48. The van der Waals surface area contributed by atoms with Crippen molar-refractivity contribution in [1.82, 2.24) is 9.88 Å². The van der Waals surface area contributed by atoms with Gasteiger partial charge >= 0.3 is 6.18 Å². The lowest BCUT2D eigenvalue weighted by atomic mass is 9.96. The van der Waals surface area contributed by atoms with Crippen molar-refractivity contribution in [2.75, 3.05) is 13.1 Å². The monoisotopic (exact) mass is 367 g/mol. The number of aromatic nitrogens is 1. The van der Waals surface area contributed by atoms with E-state index in [2.05, 4.69) is 4.98 Å². The lowest BCUT2D eigenvalue weighted by molar-refractivity contribution is -0.137. The minimum Gasteiger partial charge on any atom is -0.443 e. The molecule has 0 saturated carbocycles. The zero-order valence-electron chi connectivity index (χ0n) is 13.6. The van der Waals surface area contributed by atoms with E-state index in [0.717, 1.165) is 12.5 Å². The summed E-state index contributed by atoms with van der Waals surface area (Å²) in [6.07, 6.45) is -2.82. The van der Waals surface area contributed by atoms with Crippen LogP contribution in [0, 0.1) is 5.92 Å². The molecule has 0 bridgehead atoms.